The first-order chi connectivity index (χ1) is 15.4. The third kappa shape index (κ3) is 5.24. The maximum Gasteiger partial charge on any atom is 0.348 e. The van der Waals surface area contributed by atoms with Crippen molar-refractivity contribution in [2.75, 3.05) is 32.0 Å². The standard InChI is InChI=1S/C21H22N4O5S2/c1-12-16(19(26)29-3)18(32-17(12)20(27)30-4)24-21(31)23-14-9-22-25(11-14)10-13-6-5-7-15(8-13)28-2/h5-9,11H,10H2,1-4H3,(H2,23,24,31). The van der Waals surface area contributed by atoms with Crippen LogP contribution < -0.4 is 15.4 Å². The molecule has 0 saturated carbocycles. The second kappa shape index (κ2) is 10.2. The molecule has 3 aromatic rings. The Labute approximate surface area is 194 Å². The van der Waals surface area contributed by atoms with Crippen molar-refractivity contribution in [3.05, 3.63) is 58.2 Å². The number of thiophene rings is 1. The van der Waals surface area contributed by atoms with E-state index in [0.29, 0.717) is 27.7 Å². The Bertz CT molecular complexity index is 1160. The zero-order valence-corrected chi connectivity index (χ0v) is 19.6. The number of esters is 2. The van der Waals surface area contributed by atoms with Crippen LogP contribution in [0.1, 0.15) is 31.2 Å². The summed E-state index contributed by atoms with van der Waals surface area (Å²) in [5.41, 5.74) is 2.39. The van der Waals surface area contributed by atoms with Crippen LogP contribution in [0.4, 0.5) is 10.7 Å². The fourth-order valence-electron chi connectivity index (χ4n) is 2.97. The minimum absolute atomic E-state index is 0.230. The molecule has 0 bridgehead atoms. The Hall–Kier alpha value is -3.44. The average Bonchev–Trinajstić information content (AvgIpc) is 3.36. The molecule has 0 aliphatic rings. The summed E-state index contributed by atoms with van der Waals surface area (Å²) in [7, 11) is 4.17. The van der Waals surface area contributed by atoms with Crippen LogP contribution in [0.5, 0.6) is 5.75 Å². The predicted octanol–water partition coefficient (Wildman–Crippen LogP) is 3.69. The molecular weight excluding hydrogens is 452 g/mol. The number of carbonyl (C=O) groups excluding carboxylic acids is 2. The highest BCUT2D eigenvalue weighted by Gasteiger charge is 2.26. The van der Waals surface area contributed by atoms with Gasteiger partial charge in [-0.05, 0) is 42.4 Å². The molecule has 32 heavy (non-hydrogen) atoms. The van der Waals surface area contributed by atoms with Crippen LogP contribution >= 0.6 is 23.6 Å². The molecule has 0 unspecified atom stereocenters. The quantitative estimate of drug-likeness (QED) is 0.392. The normalized spacial score (nSPS) is 10.4. The van der Waals surface area contributed by atoms with E-state index in [-0.39, 0.29) is 10.7 Å². The molecule has 0 fully saturated rings. The number of aromatic nitrogens is 2. The molecule has 1 aromatic carbocycles. The zero-order chi connectivity index (χ0) is 23.3. The third-order valence-corrected chi connectivity index (χ3v) is 5.90. The lowest BCUT2D eigenvalue weighted by molar-refractivity contribution is 0.0601. The van der Waals surface area contributed by atoms with Crippen LogP contribution in [0.15, 0.2) is 36.7 Å². The van der Waals surface area contributed by atoms with E-state index < -0.39 is 11.9 Å². The van der Waals surface area contributed by atoms with Gasteiger partial charge in [-0.25, -0.2) is 9.59 Å². The van der Waals surface area contributed by atoms with Crippen LogP contribution in [-0.2, 0) is 16.0 Å². The Morgan fingerprint density at radius 1 is 1.16 bits per heavy atom. The van der Waals surface area contributed by atoms with E-state index >= 15 is 0 Å². The van der Waals surface area contributed by atoms with Gasteiger partial charge in [-0.2, -0.15) is 5.10 Å². The molecule has 2 N–H and O–H groups in total. The third-order valence-electron chi connectivity index (χ3n) is 4.50. The Morgan fingerprint density at radius 3 is 2.59 bits per heavy atom. The molecule has 2 aromatic heterocycles. The predicted molar refractivity (Wildman–Crippen MR) is 126 cm³/mol. The molecule has 3 rings (SSSR count). The number of benzene rings is 1. The second-order valence-corrected chi connectivity index (χ2v) is 8.03. The number of hydrogen-bond donors (Lipinski definition) is 2. The van der Waals surface area contributed by atoms with E-state index in [2.05, 4.69) is 15.7 Å². The SMILES string of the molecule is COC(=O)c1sc(NC(=S)Nc2cnn(Cc3cccc(OC)c3)c2)c(C(=O)OC)c1C. The maximum absolute atomic E-state index is 12.2. The van der Waals surface area contributed by atoms with Gasteiger partial charge in [0.1, 0.15) is 15.6 Å². The minimum Gasteiger partial charge on any atom is -0.497 e. The highest BCUT2D eigenvalue weighted by Crippen LogP contribution is 2.34. The van der Waals surface area contributed by atoms with Gasteiger partial charge >= 0.3 is 11.9 Å². The number of rotatable bonds is 7. The molecule has 11 heteroatoms. The monoisotopic (exact) mass is 474 g/mol. The summed E-state index contributed by atoms with van der Waals surface area (Å²) in [5, 5.41) is 10.9. The number of methoxy groups -OCH3 is 3. The first kappa shape index (κ1) is 23.2. The lowest BCUT2D eigenvalue weighted by atomic mass is 10.1. The number of ether oxygens (including phenoxy) is 3. The van der Waals surface area contributed by atoms with E-state index in [1.807, 2.05) is 24.3 Å². The zero-order valence-electron chi connectivity index (χ0n) is 17.9. The van der Waals surface area contributed by atoms with Crippen molar-refractivity contribution in [3.8, 4) is 5.75 Å². The van der Waals surface area contributed by atoms with Crippen molar-refractivity contribution in [2.24, 2.45) is 0 Å². The van der Waals surface area contributed by atoms with Crippen molar-refractivity contribution >= 4 is 51.3 Å². The van der Waals surface area contributed by atoms with Gasteiger partial charge in [-0.15, -0.1) is 11.3 Å². The van der Waals surface area contributed by atoms with Gasteiger partial charge in [-0.3, -0.25) is 4.68 Å². The summed E-state index contributed by atoms with van der Waals surface area (Å²) in [4.78, 5) is 24.6. The summed E-state index contributed by atoms with van der Waals surface area (Å²) in [6.45, 7) is 2.21. The number of carbonyl (C=O) groups is 2. The first-order valence-electron chi connectivity index (χ1n) is 9.39. The molecule has 0 aliphatic carbocycles. The largest absolute Gasteiger partial charge is 0.497 e. The molecular formula is C21H22N4O5S2. The molecule has 0 amide bonds. The smallest absolute Gasteiger partial charge is 0.348 e. The van der Waals surface area contributed by atoms with E-state index in [9.17, 15) is 9.59 Å². The van der Waals surface area contributed by atoms with Crippen molar-refractivity contribution in [2.45, 2.75) is 13.5 Å². The van der Waals surface area contributed by atoms with Crippen molar-refractivity contribution in [1.82, 2.24) is 9.78 Å². The fraction of sp³-hybridized carbons (Fsp3) is 0.238. The molecule has 0 atom stereocenters. The highest BCUT2D eigenvalue weighted by atomic mass is 32.1. The summed E-state index contributed by atoms with van der Waals surface area (Å²) in [5.74, 6) is -0.342. The van der Waals surface area contributed by atoms with Crippen LogP contribution in [0, 0.1) is 6.92 Å². The van der Waals surface area contributed by atoms with Crippen molar-refractivity contribution in [3.63, 3.8) is 0 Å². The van der Waals surface area contributed by atoms with E-state index in [1.54, 1.807) is 31.1 Å². The van der Waals surface area contributed by atoms with E-state index in [0.717, 1.165) is 22.6 Å². The Morgan fingerprint density at radius 2 is 1.91 bits per heavy atom. The van der Waals surface area contributed by atoms with Crippen LogP contribution in [0.25, 0.3) is 0 Å². The number of thiocarbonyl (C=S) groups is 1. The van der Waals surface area contributed by atoms with E-state index in [1.165, 1.54) is 14.2 Å². The lowest BCUT2D eigenvalue weighted by Crippen LogP contribution is -2.20. The summed E-state index contributed by atoms with van der Waals surface area (Å²) < 4.78 is 16.6. The fourth-order valence-corrected chi connectivity index (χ4v) is 4.38. The van der Waals surface area contributed by atoms with Gasteiger partial charge in [0.05, 0.1) is 45.3 Å². The molecule has 0 aliphatic heterocycles. The van der Waals surface area contributed by atoms with Gasteiger partial charge < -0.3 is 24.8 Å². The lowest BCUT2D eigenvalue weighted by Gasteiger charge is -2.09. The molecule has 0 saturated heterocycles. The topological polar surface area (TPSA) is 104 Å². The van der Waals surface area contributed by atoms with Gasteiger partial charge in [0.2, 0.25) is 0 Å². The first-order valence-corrected chi connectivity index (χ1v) is 10.6. The summed E-state index contributed by atoms with van der Waals surface area (Å²) in [6.07, 6.45) is 3.43. The Kier molecular flexibility index (Phi) is 7.44. The van der Waals surface area contributed by atoms with Gasteiger partial charge in [0.15, 0.2) is 5.11 Å². The van der Waals surface area contributed by atoms with Gasteiger partial charge in [-0.1, -0.05) is 12.1 Å². The van der Waals surface area contributed by atoms with Crippen molar-refractivity contribution < 1.29 is 23.8 Å². The molecule has 2 heterocycles. The molecule has 0 radical (unpaired) electrons. The minimum atomic E-state index is -0.578. The second-order valence-electron chi connectivity index (χ2n) is 6.60. The van der Waals surface area contributed by atoms with Crippen molar-refractivity contribution in [1.29, 1.82) is 0 Å². The number of anilines is 2. The van der Waals surface area contributed by atoms with Crippen LogP contribution in [0.3, 0.4) is 0 Å². The number of nitrogens with zero attached hydrogens (tertiary/aromatic N) is 2. The van der Waals surface area contributed by atoms with Gasteiger partial charge in [0.25, 0.3) is 0 Å². The maximum atomic E-state index is 12.2. The molecule has 168 valence electrons. The summed E-state index contributed by atoms with van der Waals surface area (Å²) >= 11 is 6.45. The van der Waals surface area contributed by atoms with Crippen LogP contribution in [0.2, 0.25) is 0 Å². The Balaban J connectivity index is 1.72. The molecule has 0 spiro atoms. The summed E-state index contributed by atoms with van der Waals surface area (Å²) in [6, 6.07) is 7.72. The number of hydrogen-bond acceptors (Lipinski definition) is 8. The average molecular weight is 475 g/mol. The van der Waals surface area contributed by atoms with Gasteiger partial charge in [0, 0.05) is 6.20 Å². The molecule has 9 nitrogen and oxygen atoms in total. The van der Waals surface area contributed by atoms with Crippen LogP contribution in [-0.4, -0.2) is 48.2 Å². The van der Waals surface area contributed by atoms with E-state index in [4.69, 9.17) is 26.4 Å². The number of nitrogens with one attached hydrogen (secondary N) is 2. The highest BCUT2D eigenvalue weighted by molar-refractivity contribution is 7.80.